The minimum Gasteiger partial charge on any atom is -0.464 e. The van der Waals surface area contributed by atoms with Crippen molar-refractivity contribution in [3.05, 3.63) is 63.9 Å². The second kappa shape index (κ2) is 11.8. The quantitative estimate of drug-likeness (QED) is 0.251. The molecule has 194 valence electrons. The van der Waals surface area contributed by atoms with Gasteiger partial charge in [0.05, 0.1) is 22.5 Å². The Hall–Kier alpha value is -4.79. The van der Waals surface area contributed by atoms with E-state index in [0.29, 0.717) is 11.1 Å². The number of halogens is 3. The lowest BCUT2D eigenvalue weighted by Crippen LogP contribution is -2.41. The third kappa shape index (κ3) is 6.66. The number of hydrazine groups is 1. The predicted octanol–water partition coefficient (Wildman–Crippen LogP) is 2.98. The largest absolute Gasteiger partial charge is 0.464 e. The number of nitrogens with zero attached hydrogens (tertiary/aromatic N) is 4. The number of carbonyl (C=O) groups excluding carboxylic acids is 2. The van der Waals surface area contributed by atoms with Crippen LogP contribution in [0.15, 0.2) is 41.7 Å². The zero-order chi connectivity index (χ0) is 27.1. The maximum absolute atomic E-state index is 13.3. The Morgan fingerprint density at radius 1 is 1.22 bits per heavy atom. The van der Waals surface area contributed by atoms with Gasteiger partial charge in [0, 0.05) is 12.3 Å². The highest BCUT2D eigenvalue weighted by Gasteiger charge is 2.24. The van der Waals surface area contributed by atoms with Gasteiger partial charge in [0.2, 0.25) is 5.88 Å². The summed E-state index contributed by atoms with van der Waals surface area (Å²) in [4.78, 5) is 45.5. The van der Waals surface area contributed by atoms with Crippen LogP contribution in [0.4, 0.5) is 19.3 Å². The van der Waals surface area contributed by atoms with Gasteiger partial charge >= 0.3 is 12.7 Å². The van der Waals surface area contributed by atoms with E-state index in [4.69, 9.17) is 16.7 Å². The Labute approximate surface area is 212 Å². The molecular formula is C21H18ClF2N7O6. The van der Waals surface area contributed by atoms with Gasteiger partial charge in [-0.3, -0.25) is 15.0 Å². The maximum atomic E-state index is 13.3. The number of hydrogen-bond donors (Lipinski definition) is 4. The van der Waals surface area contributed by atoms with E-state index in [1.54, 1.807) is 18.4 Å². The van der Waals surface area contributed by atoms with E-state index in [-0.39, 0.29) is 27.8 Å². The Morgan fingerprint density at radius 3 is 2.62 bits per heavy atom. The van der Waals surface area contributed by atoms with E-state index >= 15 is 0 Å². The van der Waals surface area contributed by atoms with Crippen LogP contribution in [0.25, 0.3) is 5.82 Å². The topological polar surface area (TPSA) is 169 Å². The fourth-order valence-electron chi connectivity index (χ4n) is 3.07. The lowest BCUT2D eigenvalue weighted by molar-refractivity contribution is -0.0530. The van der Waals surface area contributed by atoms with Crippen molar-refractivity contribution in [2.45, 2.75) is 13.5 Å². The first-order valence-corrected chi connectivity index (χ1v) is 10.5. The molecule has 3 rings (SSSR count). The molecule has 0 aliphatic rings. The average Bonchev–Trinajstić information content (AvgIpc) is 3.25. The Balaban J connectivity index is 2.07. The highest BCUT2D eigenvalue weighted by atomic mass is 35.5. The van der Waals surface area contributed by atoms with Crippen molar-refractivity contribution in [2.24, 2.45) is 5.16 Å². The molecule has 16 heteroatoms. The average molecular weight is 538 g/mol. The lowest BCUT2D eigenvalue weighted by atomic mass is 10.0. The standard InChI is InChI=1S/C21H18ClF2N7O6/c1-10-6-11(9-26-36-2)7-12(18(32)28-29-21(34)35)16(10)27-19(33)14-8-15(37-20(23)24)30-31(14)17-13(22)4-3-5-25-17/h3-9,20,29H,1-2H3,(H,27,33)(H,28,32)(H,34,35). The van der Waals surface area contributed by atoms with Gasteiger partial charge in [-0.05, 0) is 42.3 Å². The molecule has 4 N–H and O–H groups in total. The molecular weight excluding hydrogens is 520 g/mol. The number of hydrogen-bond acceptors (Lipinski definition) is 8. The van der Waals surface area contributed by atoms with E-state index in [1.165, 1.54) is 37.7 Å². The molecule has 0 bridgehead atoms. The van der Waals surface area contributed by atoms with Crippen LogP contribution in [0.2, 0.25) is 5.02 Å². The van der Waals surface area contributed by atoms with Gasteiger partial charge < -0.3 is 20.0 Å². The summed E-state index contributed by atoms with van der Waals surface area (Å²) in [6, 6.07) is 6.76. The summed E-state index contributed by atoms with van der Waals surface area (Å²) in [7, 11) is 1.31. The van der Waals surface area contributed by atoms with Crippen LogP contribution in [0.3, 0.4) is 0 Å². The number of oxime groups is 1. The normalized spacial score (nSPS) is 10.9. The molecule has 0 unspecified atom stereocenters. The third-order valence-electron chi connectivity index (χ3n) is 4.50. The molecule has 2 heterocycles. The number of pyridine rings is 1. The number of aromatic nitrogens is 3. The number of aryl methyl sites for hydroxylation is 1. The Morgan fingerprint density at radius 2 is 1.97 bits per heavy atom. The highest BCUT2D eigenvalue weighted by Crippen LogP contribution is 2.26. The summed E-state index contributed by atoms with van der Waals surface area (Å²) in [6.45, 7) is -1.67. The molecule has 0 atom stereocenters. The van der Waals surface area contributed by atoms with Crippen molar-refractivity contribution in [2.75, 3.05) is 12.4 Å². The van der Waals surface area contributed by atoms with Crippen LogP contribution in [-0.2, 0) is 4.84 Å². The van der Waals surface area contributed by atoms with E-state index in [9.17, 15) is 23.2 Å². The molecule has 0 spiro atoms. The molecule has 0 fully saturated rings. The molecule has 0 aliphatic carbocycles. The fourth-order valence-corrected chi connectivity index (χ4v) is 3.27. The number of ether oxygens (including phenoxy) is 1. The van der Waals surface area contributed by atoms with Crippen LogP contribution < -0.4 is 20.9 Å². The van der Waals surface area contributed by atoms with Gasteiger partial charge in [-0.1, -0.05) is 16.8 Å². The van der Waals surface area contributed by atoms with Crippen molar-refractivity contribution >= 4 is 41.4 Å². The van der Waals surface area contributed by atoms with Crippen LogP contribution in [-0.4, -0.2) is 57.7 Å². The summed E-state index contributed by atoms with van der Waals surface area (Å²) in [6.07, 6.45) is 1.10. The Bertz CT molecular complexity index is 1370. The first-order chi connectivity index (χ1) is 17.6. The van der Waals surface area contributed by atoms with Crippen LogP contribution in [0.5, 0.6) is 5.88 Å². The second-order valence-corrected chi connectivity index (χ2v) is 7.39. The van der Waals surface area contributed by atoms with E-state index in [2.05, 4.69) is 30.1 Å². The minimum atomic E-state index is -3.22. The molecule has 0 saturated carbocycles. The van der Waals surface area contributed by atoms with Gasteiger partial charge in [0.25, 0.3) is 11.8 Å². The summed E-state index contributed by atoms with van der Waals surface area (Å²) in [5.74, 6) is -2.46. The molecule has 0 aliphatic heterocycles. The smallest absolute Gasteiger partial charge is 0.423 e. The zero-order valence-corrected chi connectivity index (χ0v) is 19.8. The second-order valence-electron chi connectivity index (χ2n) is 6.98. The maximum Gasteiger partial charge on any atom is 0.423 e. The fraction of sp³-hybridized carbons (Fsp3) is 0.143. The van der Waals surface area contributed by atoms with Crippen molar-refractivity contribution in [3.63, 3.8) is 0 Å². The molecule has 37 heavy (non-hydrogen) atoms. The van der Waals surface area contributed by atoms with Crippen molar-refractivity contribution < 1.29 is 37.8 Å². The number of amides is 3. The first-order valence-electron chi connectivity index (χ1n) is 10.1. The van der Waals surface area contributed by atoms with Crippen molar-refractivity contribution in [1.29, 1.82) is 0 Å². The number of nitrogens with one attached hydrogen (secondary N) is 3. The number of alkyl halides is 2. The van der Waals surface area contributed by atoms with Gasteiger partial charge in [-0.2, -0.15) is 8.78 Å². The molecule has 0 radical (unpaired) electrons. The van der Waals surface area contributed by atoms with Crippen LogP contribution in [0.1, 0.15) is 32.0 Å². The molecule has 13 nitrogen and oxygen atoms in total. The van der Waals surface area contributed by atoms with Crippen molar-refractivity contribution in [3.8, 4) is 11.7 Å². The lowest BCUT2D eigenvalue weighted by Gasteiger charge is -2.15. The first kappa shape index (κ1) is 26.8. The van der Waals surface area contributed by atoms with Gasteiger partial charge in [0.1, 0.15) is 12.8 Å². The van der Waals surface area contributed by atoms with Crippen molar-refractivity contribution in [1.82, 2.24) is 25.6 Å². The summed E-state index contributed by atoms with van der Waals surface area (Å²) >= 11 is 6.15. The van der Waals surface area contributed by atoms with Gasteiger partial charge in [-0.15, -0.1) is 5.10 Å². The van der Waals surface area contributed by atoms with E-state index < -0.39 is 30.4 Å². The monoisotopic (exact) mass is 537 g/mol. The zero-order valence-electron chi connectivity index (χ0n) is 19.0. The summed E-state index contributed by atoms with van der Waals surface area (Å²) < 4.78 is 30.9. The van der Waals surface area contributed by atoms with Crippen LogP contribution >= 0.6 is 11.6 Å². The van der Waals surface area contributed by atoms with E-state index in [0.717, 1.165) is 10.7 Å². The SMILES string of the molecule is CON=Cc1cc(C)c(NC(=O)c2cc(OC(F)F)nn2-c2ncccc2Cl)c(C(=O)NNC(=O)O)c1. The number of carbonyl (C=O) groups is 3. The number of rotatable bonds is 8. The number of anilines is 1. The molecule has 2 aromatic heterocycles. The highest BCUT2D eigenvalue weighted by molar-refractivity contribution is 6.32. The summed E-state index contributed by atoms with van der Waals surface area (Å²) in [5, 5.41) is 18.8. The Kier molecular flexibility index (Phi) is 8.52. The number of benzene rings is 1. The molecule has 1 aromatic carbocycles. The summed E-state index contributed by atoms with van der Waals surface area (Å²) in [5.41, 5.74) is 3.93. The number of carboxylic acid groups (broad SMARTS) is 1. The molecule has 3 aromatic rings. The van der Waals surface area contributed by atoms with Crippen LogP contribution in [0, 0.1) is 6.92 Å². The van der Waals surface area contributed by atoms with E-state index in [1.807, 2.05) is 5.43 Å². The third-order valence-corrected chi connectivity index (χ3v) is 4.80. The predicted molar refractivity (Wildman–Crippen MR) is 125 cm³/mol. The van der Waals surface area contributed by atoms with Gasteiger partial charge in [-0.25, -0.2) is 19.9 Å². The molecule has 3 amide bonds. The minimum absolute atomic E-state index is 0.0274. The molecule has 0 saturated heterocycles. The van der Waals surface area contributed by atoms with Gasteiger partial charge in [0.15, 0.2) is 5.82 Å².